The number of fused-ring (bicyclic) bond motifs is 2. The van der Waals surface area contributed by atoms with Gasteiger partial charge in [-0.3, -0.25) is 0 Å². The van der Waals surface area contributed by atoms with E-state index in [-0.39, 0.29) is 5.41 Å². The van der Waals surface area contributed by atoms with Gasteiger partial charge in [0, 0.05) is 12.0 Å². The lowest BCUT2D eigenvalue weighted by molar-refractivity contribution is -0.141. The van der Waals surface area contributed by atoms with E-state index in [1.807, 2.05) is 0 Å². The van der Waals surface area contributed by atoms with E-state index in [2.05, 4.69) is 15.5 Å². The molecule has 1 aliphatic heterocycles. The lowest BCUT2D eigenvalue weighted by Gasteiger charge is -2.32. The van der Waals surface area contributed by atoms with Crippen LogP contribution in [0.4, 0.5) is 13.2 Å². The van der Waals surface area contributed by atoms with Crippen LogP contribution in [0, 0.1) is 5.92 Å². The van der Waals surface area contributed by atoms with Crippen molar-refractivity contribution in [2.24, 2.45) is 5.92 Å². The molecule has 1 N–H and O–H groups in total. The zero-order chi connectivity index (χ0) is 12.8. The number of nitrogens with zero attached hydrogens (tertiary/aromatic N) is 2. The highest BCUT2D eigenvalue weighted by Crippen LogP contribution is 2.45. The second-order valence-electron chi connectivity index (χ2n) is 5.32. The van der Waals surface area contributed by atoms with Crippen LogP contribution in [0.1, 0.15) is 30.7 Å². The molecular formula is C12H14F3N3. The highest BCUT2D eigenvalue weighted by molar-refractivity contribution is 5.22. The minimum Gasteiger partial charge on any atom is -0.316 e. The third-order valence-electron chi connectivity index (χ3n) is 4.11. The largest absolute Gasteiger partial charge is 0.435 e. The number of hydrogen-bond donors (Lipinski definition) is 1. The molecule has 2 heterocycles. The third kappa shape index (κ3) is 1.88. The van der Waals surface area contributed by atoms with E-state index in [9.17, 15) is 13.2 Å². The Kier molecular flexibility index (Phi) is 2.59. The van der Waals surface area contributed by atoms with Crippen molar-refractivity contribution in [3.05, 3.63) is 23.5 Å². The molecule has 0 radical (unpaired) electrons. The SMILES string of the molecule is FC(F)(F)c1ccc(C23CCC(CNC2)C3)nn1. The van der Waals surface area contributed by atoms with Gasteiger partial charge < -0.3 is 5.32 Å². The summed E-state index contributed by atoms with van der Waals surface area (Å²) in [5.41, 5.74) is -0.314. The van der Waals surface area contributed by atoms with Crippen LogP contribution in [0.15, 0.2) is 12.1 Å². The first-order valence-electron chi connectivity index (χ1n) is 6.12. The monoisotopic (exact) mass is 257 g/mol. The maximum absolute atomic E-state index is 12.4. The predicted octanol–water partition coefficient (Wildman–Crippen LogP) is 2.14. The summed E-state index contributed by atoms with van der Waals surface area (Å²) in [5, 5.41) is 10.5. The standard InChI is InChI=1S/C12H14F3N3/c13-12(14,15)10-2-1-9(17-18-10)11-4-3-8(5-11)6-16-7-11/h1-2,8,16H,3-7H2. The Bertz CT molecular complexity index is 439. The van der Waals surface area contributed by atoms with Gasteiger partial charge in [0.05, 0.1) is 5.69 Å². The summed E-state index contributed by atoms with van der Waals surface area (Å²) >= 11 is 0. The molecular weight excluding hydrogens is 243 g/mol. The van der Waals surface area contributed by atoms with E-state index in [0.29, 0.717) is 11.6 Å². The van der Waals surface area contributed by atoms with E-state index < -0.39 is 11.9 Å². The van der Waals surface area contributed by atoms with Crippen LogP contribution < -0.4 is 5.32 Å². The molecule has 0 aromatic carbocycles. The van der Waals surface area contributed by atoms with Crippen molar-refractivity contribution in [2.45, 2.75) is 30.9 Å². The lowest BCUT2D eigenvalue weighted by Crippen LogP contribution is -2.42. The van der Waals surface area contributed by atoms with Crippen LogP contribution >= 0.6 is 0 Å². The molecule has 3 nitrogen and oxygen atoms in total. The molecule has 2 fully saturated rings. The zero-order valence-electron chi connectivity index (χ0n) is 9.80. The summed E-state index contributed by atoms with van der Waals surface area (Å²) in [5.74, 6) is 0.628. The van der Waals surface area contributed by atoms with E-state index >= 15 is 0 Å². The minimum absolute atomic E-state index is 0.0972. The average Bonchev–Trinajstić information content (AvgIpc) is 2.65. The van der Waals surface area contributed by atoms with Gasteiger partial charge in [-0.15, -0.1) is 5.10 Å². The fraction of sp³-hybridized carbons (Fsp3) is 0.667. The Hall–Kier alpha value is -1.17. The van der Waals surface area contributed by atoms with Crippen molar-refractivity contribution in [3.8, 4) is 0 Å². The Labute approximate surface area is 103 Å². The topological polar surface area (TPSA) is 37.8 Å². The highest BCUT2D eigenvalue weighted by Gasteiger charge is 2.45. The predicted molar refractivity (Wildman–Crippen MR) is 58.9 cm³/mol. The van der Waals surface area contributed by atoms with E-state index in [1.165, 1.54) is 6.07 Å². The molecule has 2 bridgehead atoms. The Morgan fingerprint density at radius 2 is 2.11 bits per heavy atom. The van der Waals surface area contributed by atoms with Gasteiger partial charge in [-0.2, -0.15) is 18.3 Å². The molecule has 0 amide bonds. The Morgan fingerprint density at radius 3 is 2.78 bits per heavy atom. The number of nitrogens with one attached hydrogen (secondary N) is 1. The number of aromatic nitrogens is 2. The molecule has 1 saturated carbocycles. The molecule has 0 spiro atoms. The van der Waals surface area contributed by atoms with Gasteiger partial charge in [-0.05, 0) is 43.9 Å². The summed E-state index contributed by atoms with van der Waals surface area (Å²) in [4.78, 5) is 0. The Balaban J connectivity index is 1.89. The average molecular weight is 257 g/mol. The Morgan fingerprint density at radius 1 is 1.28 bits per heavy atom. The van der Waals surface area contributed by atoms with E-state index in [0.717, 1.165) is 38.4 Å². The zero-order valence-corrected chi connectivity index (χ0v) is 9.80. The van der Waals surface area contributed by atoms with Gasteiger partial charge in [0.2, 0.25) is 0 Å². The first-order chi connectivity index (χ1) is 8.50. The molecule has 98 valence electrons. The molecule has 2 atom stereocenters. The fourth-order valence-electron chi connectivity index (χ4n) is 3.18. The molecule has 1 saturated heterocycles. The van der Waals surface area contributed by atoms with Crippen molar-refractivity contribution in [2.75, 3.05) is 13.1 Å². The molecule has 1 aromatic heterocycles. The molecule has 2 unspecified atom stereocenters. The summed E-state index contributed by atoms with van der Waals surface area (Å²) in [6, 6.07) is 2.53. The number of hydrogen-bond acceptors (Lipinski definition) is 3. The first kappa shape index (κ1) is 11.9. The number of alkyl halides is 3. The second-order valence-corrected chi connectivity index (χ2v) is 5.32. The molecule has 3 rings (SSSR count). The van der Waals surface area contributed by atoms with Gasteiger partial charge >= 0.3 is 6.18 Å². The quantitative estimate of drug-likeness (QED) is 0.837. The van der Waals surface area contributed by atoms with Gasteiger partial charge in [0.1, 0.15) is 0 Å². The lowest BCUT2D eigenvalue weighted by atomic mass is 9.79. The molecule has 2 aliphatic rings. The maximum atomic E-state index is 12.4. The summed E-state index contributed by atoms with van der Waals surface area (Å²) in [7, 11) is 0. The van der Waals surface area contributed by atoms with Crippen LogP contribution in [0.3, 0.4) is 0 Å². The van der Waals surface area contributed by atoms with Crippen molar-refractivity contribution in [1.29, 1.82) is 0 Å². The smallest absolute Gasteiger partial charge is 0.316 e. The van der Waals surface area contributed by atoms with Crippen molar-refractivity contribution in [1.82, 2.24) is 15.5 Å². The number of halogens is 3. The molecule has 6 heteroatoms. The van der Waals surface area contributed by atoms with Crippen LogP contribution in [0.25, 0.3) is 0 Å². The minimum atomic E-state index is -4.41. The molecule has 1 aromatic rings. The van der Waals surface area contributed by atoms with Crippen molar-refractivity contribution >= 4 is 0 Å². The summed E-state index contributed by atoms with van der Waals surface area (Å²) in [6.45, 7) is 1.80. The van der Waals surface area contributed by atoms with Gasteiger partial charge in [-0.1, -0.05) is 0 Å². The number of rotatable bonds is 1. The molecule has 1 aliphatic carbocycles. The summed E-state index contributed by atoms with van der Waals surface area (Å²) < 4.78 is 37.3. The van der Waals surface area contributed by atoms with E-state index in [4.69, 9.17) is 0 Å². The van der Waals surface area contributed by atoms with E-state index in [1.54, 1.807) is 0 Å². The fourth-order valence-corrected chi connectivity index (χ4v) is 3.18. The summed E-state index contributed by atoms with van der Waals surface area (Å²) in [6.07, 6.45) is -1.29. The van der Waals surface area contributed by atoms with Crippen LogP contribution in [-0.2, 0) is 11.6 Å². The van der Waals surface area contributed by atoms with Gasteiger partial charge in [0.15, 0.2) is 5.69 Å². The van der Waals surface area contributed by atoms with Crippen molar-refractivity contribution in [3.63, 3.8) is 0 Å². The van der Waals surface area contributed by atoms with Gasteiger partial charge in [0.25, 0.3) is 0 Å². The molecule has 18 heavy (non-hydrogen) atoms. The first-order valence-corrected chi connectivity index (χ1v) is 6.12. The second kappa shape index (κ2) is 3.91. The van der Waals surface area contributed by atoms with Gasteiger partial charge in [-0.25, -0.2) is 0 Å². The van der Waals surface area contributed by atoms with Crippen LogP contribution in [0.5, 0.6) is 0 Å². The van der Waals surface area contributed by atoms with Crippen molar-refractivity contribution < 1.29 is 13.2 Å². The van der Waals surface area contributed by atoms with Crippen LogP contribution in [0.2, 0.25) is 0 Å². The maximum Gasteiger partial charge on any atom is 0.435 e. The third-order valence-corrected chi connectivity index (χ3v) is 4.11. The highest BCUT2D eigenvalue weighted by atomic mass is 19.4. The number of piperidine rings is 1. The normalized spacial score (nSPS) is 31.6. The van der Waals surface area contributed by atoms with Crippen LogP contribution in [-0.4, -0.2) is 23.3 Å².